The van der Waals surface area contributed by atoms with Crippen LogP contribution in [0.2, 0.25) is 0 Å². The summed E-state index contributed by atoms with van der Waals surface area (Å²) in [5.74, 6) is 1.10. The number of likely N-dealkylation sites (tertiary alicyclic amines) is 1. The highest BCUT2D eigenvalue weighted by Crippen LogP contribution is 2.31. The fraction of sp³-hybridized carbons (Fsp3) is 0.375. The molecule has 0 N–H and O–H groups in total. The van der Waals surface area contributed by atoms with Gasteiger partial charge in [0.1, 0.15) is 0 Å². The highest BCUT2D eigenvalue weighted by Gasteiger charge is 2.33. The van der Waals surface area contributed by atoms with Crippen LogP contribution in [0, 0.1) is 11.8 Å². The number of allylic oxidation sites excluding steroid dienone is 1. The van der Waals surface area contributed by atoms with E-state index in [4.69, 9.17) is 0 Å². The van der Waals surface area contributed by atoms with Gasteiger partial charge in [-0.25, -0.2) is 0 Å². The Labute approximate surface area is 112 Å². The van der Waals surface area contributed by atoms with Crippen molar-refractivity contribution in [3.63, 3.8) is 0 Å². The minimum absolute atomic E-state index is 0.101. The number of carbonyl (C=O) groups is 2. The predicted molar refractivity (Wildman–Crippen MR) is 72.7 cm³/mol. The number of nitrogens with zero attached hydrogens (tertiary/aromatic N) is 1. The van der Waals surface area contributed by atoms with E-state index < -0.39 is 0 Å². The molecule has 1 amide bonds. The lowest BCUT2D eigenvalue weighted by Crippen LogP contribution is -2.44. The smallest absolute Gasteiger partial charge is 0.253 e. The van der Waals surface area contributed by atoms with E-state index in [0.717, 1.165) is 25.1 Å². The SMILES string of the molecule is O=C1C=C[C@H]2CN(C(=O)c3ccccc3)CC[C@H]2C1. The topological polar surface area (TPSA) is 37.4 Å². The molecule has 1 aromatic rings. The van der Waals surface area contributed by atoms with Crippen molar-refractivity contribution in [3.05, 3.63) is 48.0 Å². The van der Waals surface area contributed by atoms with Crippen LogP contribution < -0.4 is 0 Å². The zero-order valence-electron chi connectivity index (χ0n) is 10.8. The maximum absolute atomic E-state index is 12.4. The van der Waals surface area contributed by atoms with Crippen LogP contribution in [0.4, 0.5) is 0 Å². The van der Waals surface area contributed by atoms with Gasteiger partial charge in [-0.3, -0.25) is 9.59 Å². The molecule has 0 bridgehead atoms. The summed E-state index contributed by atoms with van der Waals surface area (Å²) in [4.78, 5) is 25.7. The lowest BCUT2D eigenvalue weighted by atomic mass is 9.78. The molecule has 1 aliphatic carbocycles. The fourth-order valence-corrected chi connectivity index (χ4v) is 3.01. The molecule has 2 aliphatic rings. The van der Waals surface area contributed by atoms with Crippen LogP contribution in [-0.4, -0.2) is 29.7 Å². The zero-order chi connectivity index (χ0) is 13.2. The highest BCUT2D eigenvalue weighted by molar-refractivity contribution is 5.94. The first-order chi connectivity index (χ1) is 9.24. The molecule has 0 spiro atoms. The van der Waals surface area contributed by atoms with Crippen LogP contribution in [0.15, 0.2) is 42.5 Å². The first-order valence-corrected chi connectivity index (χ1v) is 6.79. The van der Waals surface area contributed by atoms with Crippen molar-refractivity contribution in [2.24, 2.45) is 11.8 Å². The lowest BCUT2D eigenvalue weighted by Gasteiger charge is -2.38. The predicted octanol–water partition coefficient (Wildman–Crippen LogP) is 2.29. The number of rotatable bonds is 1. The van der Waals surface area contributed by atoms with Gasteiger partial charge in [0.2, 0.25) is 0 Å². The van der Waals surface area contributed by atoms with Crippen molar-refractivity contribution >= 4 is 11.7 Å². The van der Waals surface area contributed by atoms with Gasteiger partial charge in [-0.05, 0) is 36.5 Å². The summed E-state index contributed by atoms with van der Waals surface area (Å²) in [7, 11) is 0. The number of fused-ring (bicyclic) bond motifs is 1. The van der Waals surface area contributed by atoms with Crippen molar-refractivity contribution in [3.8, 4) is 0 Å². The molecule has 98 valence electrons. The number of hydrogen-bond acceptors (Lipinski definition) is 2. The second-order valence-electron chi connectivity index (χ2n) is 5.36. The van der Waals surface area contributed by atoms with Crippen LogP contribution in [0.5, 0.6) is 0 Å². The molecular formula is C16H17NO2. The summed E-state index contributed by atoms with van der Waals surface area (Å²) in [6.45, 7) is 1.50. The fourth-order valence-electron chi connectivity index (χ4n) is 3.01. The number of piperidine rings is 1. The molecule has 0 unspecified atom stereocenters. The first kappa shape index (κ1) is 12.2. The Bertz CT molecular complexity index is 521. The van der Waals surface area contributed by atoms with Gasteiger partial charge in [-0.1, -0.05) is 24.3 Å². The Morgan fingerprint density at radius 1 is 1.21 bits per heavy atom. The Kier molecular flexibility index (Phi) is 3.20. The van der Waals surface area contributed by atoms with E-state index in [1.54, 1.807) is 6.08 Å². The lowest BCUT2D eigenvalue weighted by molar-refractivity contribution is -0.116. The minimum atomic E-state index is 0.101. The molecule has 3 rings (SSSR count). The number of ketones is 1. The van der Waals surface area contributed by atoms with Crippen molar-refractivity contribution in [2.75, 3.05) is 13.1 Å². The maximum atomic E-state index is 12.4. The molecule has 1 fully saturated rings. The summed E-state index contributed by atoms with van der Waals surface area (Å²) in [6, 6.07) is 9.40. The summed E-state index contributed by atoms with van der Waals surface area (Å²) in [5, 5.41) is 0. The number of benzene rings is 1. The monoisotopic (exact) mass is 255 g/mol. The molecule has 3 nitrogen and oxygen atoms in total. The molecule has 0 radical (unpaired) electrons. The van der Waals surface area contributed by atoms with E-state index in [9.17, 15) is 9.59 Å². The van der Waals surface area contributed by atoms with E-state index in [-0.39, 0.29) is 11.7 Å². The van der Waals surface area contributed by atoms with Crippen molar-refractivity contribution < 1.29 is 9.59 Å². The molecule has 0 aromatic heterocycles. The van der Waals surface area contributed by atoms with E-state index in [1.807, 2.05) is 41.3 Å². The molecule has 3 heteroatoms. The first-order valence-electron chi connectivity index (χ1n) is 6.79. The van der Waals surface area contributed by atoms with E-state index in [2.05, 4.69) is 0 Å². The van der Waals surface area contributed by atoms with Gasteiger partial charge < -0.3 is 4.90 Å². The van der Waals surface area contributed by atoms with Gasteiger partial charge in [0.05, 0.1) is 0 Å². The molecule has 2 atom stereocenters. The Morgan fingerprint density at radius 2 is 2.00 bits per heavy atom. The van der Waals surface area contributed by atoms with Crippen LogP contribution >= 0.6 is 0 Å². The molecule has 1 saturated heterocycles. The Hall–Kier alpha value is -1.90. The van der Waals surface area contributed by atoms with E-state index >= 15 is 0 Å². The molecule has 1 aliphatic heterocycles. The quantitative estimate of drug-likeness (QED) is 0.772. The second-order valence-corrected chi connectivity index (χ2v) is 5.36. The molecule has 1 aromatic carbocycles. The third kappa shape index (κ3) is 2.46. The van der Waals surface area contributed by atoms with Crippen LogP contribution in [0.3, 0.4) is 0 Å². The third-order valence-corrected chi connectivity index (χ3v) is 4.11. The second kappa shape index (κ2) is 5.00. The summed E-state index contributed by atoms with van der Waals surface area (Å²) in [6.07, 6.45) is 5.24. The van der Waals surface area contributed by atoms with Crippen molar-refractivity contribution in [1.29, 1.82) is 0 Å². The van der Waals surface area contributed by atoms with Crippen molar-refractivity contribution in [1.82, 2.24) is 4.90 Å². The van der Waals surface area contributed by atoms with Gasteiger partial charge >= 0.3 is 0 Å². The van der Waals surface area contributed by atoms with E-state index in [0.29, 0.717) is 18.3 Å². The number of carbonyl (C=O) groups excluding carboxylic acids is 2. The summed E-state index contributed by atoms with van der Waals surface area (Å²) < 4.78 is 0. The maximum Gasteiger partial charge on any atom is 0.253 e. The van der Waals surface area contributed by atoms with Gasteiger partial charge in [-0.15, -0.1) is 0 Å². The van der Waals surface area contributed by atoms with E-state index in [1.165, 1.54) is 0 Å². The van der Waals surface area contributed by atoms with Crippen LogP contribution in [0.1, 0.15) is 23.2 Å². The number of hydrogen-bond donors (Lipinski definition) is 0. The average Bonchev–Trinajstić information content (AvgIpc) is 2.47. The largest absolute Gasteiger partial charge is 0.338 e. The van der Waals surface area contributed by atoms with Gasteiger partial charge in [0, 0.05) is 25.1 Å². The zero-order valence-corrected chi connectivity index (χ0v) is 10.8. The van der Waals surface area contributed by atoms with Gasteiger partial charge in [-0.2, -0.15) is 0 Å². The van der Waals surface area contributed by atoms with Gasteiger partial charge in [0.15, 0.2) is 5.78 Å². The van der Waals surface area contributed by atoms with Crippen LogP contribution in [0.25, 0.3) is 0 Å². The van der Waals surface area contributed by atoms with Gasteiger partial charge in [0.25, 0.3) is 5.91 Å². The molecule has 19 heavy (non-hydrogen) atoms. The van der Waals surface area contributed by atoms with Crippen molar-refractivity contribution in [2.45, 2.75) is 12.8 Å². The minimum Gasteiger partial charge on any atom is -0.338 e. The summed E-state index contributed by atoms with van der Waals surface area (Å²) >= 11 is 0. The Balaban J connectivity index is 1.73. The Morgan fingerprint density at radius 3 is 2.79 bits per heavy atom. The standard InChI is InChI=1S/C16H17NO2/c18-15-7-6-14-11-17(9-8-13(14)10-15)16(19)12-4-2-1-3-5-12/h1-7,13-14H,8-11H2/t13-,14-/m0/s1. The van der Waals surface area contributed by atoms with Crippen LogP contribution in [-0.2, 0) is 4.79 Å². The molecule has 0 saturated carbocycles. The number of amides is 1. The third-order valence-electron chi connectivity index (χ3n) is 4.11. The molecule has 1 heterocycles. The average molecular weight is 255 g/mol. The highest BCUT2D eigenvalue weighted by atomic mass is 16.2. The summed E-state index contributed by atoms with van der Waals surface area (Å²) in [5.41, 5.74) is 0.747. The normalized spacial score (nSPS) is 26.1. The molecular weight excluding hydrogens is 238 g/mol.